The van der Waals surface area contributed by atoms with E-state index in [1.807, 2.05) is 0 Å². The standard InChI is InChI=1S/C24H25FN2O5/c1-31-19-8-4-17(5-9-19)22(28)20-21(16-2-6-18(25)7-3-16)27(24(30)23(20)29)11-10-26-12-14-32-15-13-26/h2-9,20-21H,10-15H2,1H3. The highest BCUT2D eigenvalue weighted by molar-refractivity contribution is 6.44. The lowest BCUT2D eigenvalue weighted by molar-refractivity contribution is -0.141. The number of hydrogen-bond acceptors (Lipinski definition) is 6. The van der Waals surface area contributed by atoms with Crippen LogP contribution in [0.3, 0.4) is 0 Å². The van der Waals surface area contributed by atoms with Crippen LogP contribution < -0.4 is 4.74 Å². The third kappa shape index (κ3) is 4.42. The second kappa shape index (κ2) is 9.58. The first-order valence-electron chi connectivity index (χ1n) is 10.6. The maximum absolute atomic E-state index is 13.6. The topological polar surface area (TPSA) is 76.2 Å². The fraction of sp³-hybridized carbons (Fsp3) is 0.375. The molecular weight excluding hydrogens is 415 g/mol. The molecule has 2 atom stereocenters. The zero-order valence-electron chi connectivity index (χ0n) is 17.8. The van der Waals surface area contributed by atoms with Gasteiger partial charge in [-0.1, -0.05) is 12.1 Å². The predicted molar refractivity (Wildman–Crippen MR) is 114 cm³/mol. The molecule has 2 saturated heterocycles. The quantitative estimate of drug-likeness (QED) is 0.373. The van der Waals surface area contributed by atoms with Crippen molar-refractivity contribution in [2.24, 2.45) is 5.92 Å². The van der Waals surface area contributed by atoms with E-state index in [2.05, 4.69) is 4.90 Å². The number of rotatable bonds is 7. The molecule has 2 aliphatic heterocycles. The van der Waals surface area contributed by atoms with E-state index in [9.17, 15) is 18.8 Å². The molecular formula is C24H25FN2O5. The van der Waals surface area contributed by atoms with E-state index in [-0.39, 0.29) is 0 Å². The lowest BCUT2D eigenvalue weighted by Crippen LogP contribution is -2.42. The second-order valence-electron chi connectivity index (χ2n) is 7.88. The van der Waals surface area contributed by atoms with E-state index in [1.54, 1.807) is 24.3 Å². The van der Waals surface area contributed by atoms with Crippen molar-refractivity contribution in [1.29, 1.82) is 0 Å². The van der Waals surface area contributed by atoms with Gasteiger partial charge in [0, 0.05) is 31.7 Å². The first kappa shape index (κ1) is 22.1. The minimum Gasteiger partial charge on any atom is -0.497 e. The van der Waals surface area contributed by atoms with E-state index in [0.717, 1.165) is 13.1 Å². The number of likely N-dealkylation sites (tertiary alicyclic amines) is 1. The molecule has 2 aromatic rings. The molecule has 0 aromatic heterocycles. The molecule has 0 radical (unpaired) electrons. The van der Waals surface area contributed by atoms with Crippen LogP contribution in [0.5, 0.6) is 5.75 Å². The van der Waals surface area contributed by atoms with Crippen LogP contribution in [0.4, 0.5) is 4.39 Å². The molecule has 0 aliphatic carbocycles. The van der Waals surface area contributed by atoms with Crippen molar-refractivity contribution in [3.05, 3.63) is 65.5 Å². The van der Waals surface area contributed by atoms with Crippen LogP contribution >= 0.6 is 0 Å². The van der Waals surface area contributed by atoms with Gasteiger partial charge in [-0.3, -0.25) is 19.3 Å². The van der Waals surface area contributed by atoms with Crippen LogP contribution in [-0.4, -0.2) is 73.8 Å². The molecule has 168 valence electrons. The van der Waals surface area contributed by atoms with Crippen LogP contribution in [0.2, 0.25) is 0 Å². The van der Waals surface area contributed by atoms with Crippen LogP contribution in [0.25, 0.3) is 0 Å². The number of halogens is 1. The fourth-order valence-corrected chi connectivity index (χ4v) is 4.27. The summed E-state index contributed by atoms with van der Waals surface area (Å²) < 4.78 is 24.1. The van der Waals surface area contributed by atoms with Crippen molar-refractivity contribution >= 4 is 17.5 Å². The minimum atomic E-state index is -1.19. The number of methoxy groups -OCH3 is 1. The van der Waals surface area contributed by atoms with Crippen molar-refractivity contribution in [2.45, 2.75) is 6.04 Å². The number of nitrogens with zero attached hydrogens (tertiary/aromatic N) is 2. The third-order valence-corrected chi connectivity index (χ3v) is 6.04. The van der Waals surface area contributed by atoms with E-state index >= 15 is 0 Å². The van der Waals surface area contributed by atoms with Gasteiger partial charge in [-0.05, 0) is 42.0 Å². The van der Waals surface area contributed by atoms with Crippen LogP contribution in [0.15, 0.2) is 48.5 Å². The first-order chi connectivity index (χ1) is 15.5. The van der Waals surface area contributed by atoms with Crippen molar-refractivity contribution < 1.29 is 28.2 Å². The Morgan fingerprint density at radius 2 is 1.69 bits per heavy atom. The summed E-state index contributed by atoms with van der Waals surface area (Å²) in [6.07, 6.45) is 0. The summed E-state index contributed by atoms with van der Waals surface area (Å²) in [4.78, 5) is 42.9. The molecule has 32 heavy (non-hydrogen) atoms. The number of morpholine rings is 1. The molecule has 8 heteroatoms. The highest BCUT2D eigenvalue weighted by Gasteiger charge is 2.51. The molecule has 1 amide bonds. The lowest BCUT2D eigenvalue weighted by Gasteiger charge is -2.31. The summed E-state index contributed by atoms with van der Waals surface area (Å²) in [7, 11) is 1.52. The van der Waals surface area contributed by atoms with Gasteiger partial charge >= 0.3 is 0 Å². The monoisotopic (exact) mass is 440 g/mol. The highest BCUT2D eigenvalue weighted by Crippen LogP contribution is 2.38. The van der Waals surface area contributed by atoms with Crippen molar-refractivity contribution in [3.8, 4) is 5.75 Å². The van der Waals surface area contributed by atoms with E-state index in [1.165, 1.54) is 36.3 Å². The Morgan fingerprint density at radius 3 is 2.31 bits per heavy atom. The number of benzene rings is 2. The number of Topliss-reactive ketones (excluding diaryl/α,β-unsaturated/α-hetero) is 2. The average Bonchev–Trinajstić information content (AvgIpc) is 3.08. The number of ketones is 2. The molecule has 0 spiro atoms. The Kier molecular flexibility index (Phi) is 6.62. The first-order valence-corrected chi connectivity index (χ1v) is 10.6. The summed E-state index contributed by atoms with van der Waals surface area (Å²) in [5.74, 6) is -2.89. The Bertz CT molecular complexity index is 986. The van der Waals surface area contributed by atoms with Crippen molar-refractivity contribution in [1.82, 2.24) is 9.80 Å². The van der Waals surface area contributed by atoms with Gasteiger partial charge in [-0.25, -0.2) is 4.39 Å². The number of hydrogen-bond donors (Lipinski definition) is 0. The summed E-state index contributed by atoms with van der Waals surface area (Å²) >= 11 is 0. The minimum absolute atomic E-state index is 0.291. The normalized spacial score (nSPS) is 21.8. The lowest BCUT2D eigenvalue weighted by atomic mass is 9.86. The summed E-state index contributed by atoms with van der Waals surface area (Å²) in [6, 6.07) is 11.3. The van der Waals surface area contributed by atoms with Gasteiger partial charge in [-0.2, -0.15) is 0 Å². The predicted octanol–water partition coefficient (Wildman–Crippen LogP) is 2.12. The Hall–Kier alpha value is -3.10. The number of ether oxygens (including phenoxy) is 2. The molecule has 4 rings (SSSR count). The van der Waals surface area contributed by atoms with Gasteiger partial charge in [0.05, 0.1) is 26.4 Å². The van der Waals surface area contributed by atoms with Crippen molar-refractivity contribution in [2.75, 3.05) is 46.5 Å². The Balaban J connectivity index is 1.64. The van der Waals surface area contributed by atoms with Crippen LogP contribution in [0, 0.1) is 11.7 Å². The van der Waals surface area contributed by atoms with E-state index in [4.69, 9.17) is 9.47 Å². The SMILES string of the molecule is COc1ccc(C(=O)C2C(=O)C(=O)N(CCN3CCOCC3)C2c2ccc(F)cc2)cc1. The molecule has 2 fully saturated rings. The van der Waals surface area contributed by atoms with Gasteiger partial charge in [0.25, 0.3) is 5.91 Å². The van der Waals surface area contributed by atoms with Crippen LogP contribution in [-0.2, 0) is 14.3 Å². The van der Waals surface area contributed by atoms with E-state index in [0.29, 0.717) is 43.2 Å². The van der Waals surface area contributed by atoms with Gasteiger partial charge in [0.15, 0.2) is 5.78 Å². The smallest absolute Gasteiger partial charge is 0.291 e. The second-order valence-corrected chi connectivity index (χ2v) is 7.88. The fourth-order valence-electron chi connectivity index (χ4n) is 4.27. The van der Waals surface area contributed by atoms with Gasteiger partial charge in [0.2, 0.25) is 5.78 Å². The molecule has 2 heterocycles. The number of amides is 1. The van der Waals surface area contributed by atoms with Gasteiger partial charge in [-0.15, -0.1) is 0 Å². The zero-order chi connectivity index (χ0) is 22.7. The van der Waals surface area contributed by atoms with Gasteiger partial charge in [0.1, 0.15) is 17.5 Å². The maximum atomic E-state index is 13.6. The molecule has 7 nitrogen and oxygen atoms in total. The largest absolute Gasteiger partial charge is 0.497 e. The van der Waals surface area contributed by atoms with Crippen LogP contribution in [0.1, 0.15) is 22.0 Å². The zero-order valence-corrected chi connectivity index (χ0v) is 17.8. The third-order valence-electron chi connectivity index (χ3n) is 6.04. The summed E-state index contributed by atoms with van der Waals surface area (Å²) in [5.41, 5.74) is 0.874. The molecule has 0 bridgehead atoms. The van der Waals surface area contributed by atoms with Gasteiger partial charge < -0.3 is 14.4 Å². The highest BCUT2D eigenvalue weighted by atomic mass is 19.1. The average molecular weight is 440 g/mol. The summed E-state index contributed by atoms with van der Waals surface area (Å²) in [6.45, 7) is 3.57. The molecule has 2 aliphatic rings. The summed E-state index contributed by atoms with van der Waals surface area (Å²) in [5, 5.41) is 0. The number of carbonyl (C=O) groups is 3. The van der Waals surface area contributed by atoms with Crippen molar-refractivity contribution in [3.63, 3.8) is 0 Å². The molecule has 0 N–H and O–H groups in total. The molecule has 2 aromatic carbocycles. The number of carbonyl (C=O) groups excluding carboxylic acids is 3. The maximum Gasteiger partial charge on any atom is 0.291 e. The Morgan fingerprint density at radius 1 is 1.03 bits per heavy atom. The molecule has 0 saturated carbocycles. The van der Waals surface area contributed by atoms with E-state index < -0.39 is 35.3 Å². The molecule has 2 unspecified atom stereocenters. The Labute approximate surface area is 185 Å².